The molecule has 114 valence electrons. The summed E-state index contributed by atoms with van der Waals surface area (Å²) < 4.78 is 20.4. The highest BCUT2D eigenvalue weighted by Crippen LogP contribution is 2.23. The van der Waals surface area contributed by atoms with E-state index in [1.807, 2.05) is 17.5 Å². The van der Waals surface area contributed by atoms with E-state index < -0.39 is 0 Å². The standard InChI is InChI=1S/C17H12FN3OS/c18-14-3-1-12(2-4-14)10-22-17-6-5-16-19-9-15(21(16)20-17)13-7-8-23-11-13/h1-9,11H,10H2. The number of thiophene rings is 1. The molecule has 0 N–H and O–H groups in total. The van der Waals surface area contributed by atoms with Gasteiger partial charge in [0.25, 0.3) is 0 Å². The first-order valence-electron chi connectivity index (χ1n) is 7.04. The average Bonchev–Trinajstić information content (AvgIpc) is 3.23. The third kappa shape index (κ3) is 2.80. The van der Waals surface area contributed by atoms with E-state index in [4.69, 9.17) is 4.74 Å². The number of hydrogen-bond acceptors (Lipinski definition) is 4. The molecule has 0 saturated heterocycles. The quantitative estimate of drug-likeness (QED) is 0.565. The van der Waals surface area contributed by atoms with Crippen molar-refractivity contribution in [3.63, 3.8) is 0 Å². The lowest BCUT2D eigenvalue weighted by molar-refractivity contribution is 0.289. The molecule has 0 bridgehead atoms. The predicted molar refractivity (Wildman–Crippen MR) is 87.0 cm³/mol. The van der Waals surface area contributed by atoms with Crippen molar-refractivity contribution in [2.45, 2.75) is 6.61 Å². The highest BCUT2D eigenvalue weighted by molar-refractivity contribution is 7.08. The lowest BCUT2D eigenvalue weighted by atomic mass is 10.2. The first kappa shape index (κ1) is 13.9. The number of nitrogens with zero attached hydrogens (tertiary/aromatic N) is 3. The second kappa shape index (κ2) is 5.81. The van der Waals surface area contributed by atoms with Gasteiger partial charge in [-0.25, -0.2) is 13.9 Å². The summed E-state index contributed by atoms with van der Waals surface area (Å²) >= 11 is 1.63. The van der Waals surface area contributed by atoms with E-state index >= 15 is 0 Å². The van der Waals surface area contributed by atoms with E-state index in [9.17, 15) is 4.39 Å². The van der Waals surface area contributed by atoms with Gasteiger partial charge in [0.15, 0.2) is 5.65 Å². The van der Waals surface area contributed by atoms with Crippen molar-refractivity contribution in [1.82, 2.24) is 14.6 Å². The normalized spacial score (nSPS) is 11.0. The molecule has 0 amide bonds. The average molecular weight is 325 g/mol. The third-order valence-corrected chi connectivity index (χ3v) is 4.14. The molecule has 0 fully saturated rings. The Morgan fingerprint density at radius 1 is 1.09 bits per heavy atom. The lowest BCUT2D eigenvalue weighted by Gasteiger charge is -2.06. The van der Waals surface area contributed by atoms with Gasteiger partial charge in [-0.3, -0.25) is 0 Å². The number of rotatable bonds is 4. The first-order chi connectivity index (χ1) is 11.3. The van der Waals surface area contributed by atoms with Gasteiger partial charge in [0.1, 0.15) is 12.4 Å². The van der Waals surface area contributed by atoms with Gasteiger partial charge < -0.3 is 4.74 Å². The van der Waals surface area contributed by atoms with E-state index in [1.54, 1.807) is 40.2 Å². The van der Waals surface area contributed by atoms with Gasteiger partial charge in [-0.1, -0.05) is 12.1 Å². The first-order valence-corrected chi connectivity index (χ1v) is 7.98. The van der Waals surface area contributed by atoms with Crippen LogP contribution in [0.15, 0.2) is 59.4 Å². The van der Waals surface area contributed by atoms with Crippen LogP contribution in [0.4, 0.5) is 4.39 Å². The Kier molecular flexibility index (Phi) is 3.51. The van der Waals surface area contributed by atoms with Crippen LogP contribution in [0.2, 0.25) is 0 Å². The maximum atomic E-state index is 12.9. The molecule has 0 aliphatic carbocycles. The highest BCUT2D eigenvalue weighted by atomic mass is 32.1. The van der Waals surface area contributed by atoms with Crippen LogP contribution in [-0.4, -0.2) is 14.6 Å². The fraction of sp³-hybridized carbons (Fsp3) is 0.0588. The minimum absolute atomic E-state index is 0.257. The van der Waals surface area contributed by atoms with Crippen molar-refractivity contribution in [3.05, 3.63) is 70.8 Å². The fourth-order valence-electron chi connectivity index (χ4n) is 2.28. The molecule has 6 heteroatoms. The van der Waals surface area contributed by atoms with E-state index in [0.29, 0.717) is 12.5 Å². The Morgan fingerprint density at radius 2 is 1.96 bits per heavy atom. The van der Waals surface area contributed by atoms with Crippen molar-refractivity contribution >= 4 is 17.0 Å². The van der Waals surface area contributed by atoms with Gasteiger partial charge in [-0.2, -0.15) is 11.3 Å². The number of ether oxygens (including phenoxy) is 1. The highest BCUT2D eigenvalue weighted by Gasteiger charge is 2.09. The van der Waals surface area contributed by atoms with Crippen molar-refractivity contribution < 1.29 is 9.13 Å². The van der Waals surface area contributed by atoms with Gasteiger partial charge >= 0.3 is 0 Å². The molecule has 1 aromatic carbocycles. The van der Waals surface area contributed by atoms with Gasteiger partial charge in [-0.15, -0.1) is 5.10 Å². The maximum absolute atomic E-state index is 12.9. The number of benzene rings is 1. The molecule has 0 atom stereocenters. The van der Waals surface area contributed by atoms with E-state index in [1.165, 1.54) is 12.1 Å². The SMILES string of the molecule is Fc1ccc(COc2ccc3ncc(-c4ccsc4)n3n2)cc1. The van der Waals surface area contributed by atoms with Crippen LogP contribution in [0.3, 0.4) is 0 Å². The molecule has 4 nitrogen and oxygen atoms in total. The van der Waals surface area contributed by atoms with Crippen LogP contribution < -0.4 is 4.74 Å². The molecule has 0 aliphatic rings. The number of halogens is 1. The summed E-state index contributed by atoms with van der Waals surface area (Å²) in [4.78, 5) is 4.35. The van der Waals surface area contributed by atoms with Crippen LogP contribution in [-0.2, 0) is 6.61 Å². The van der Waals surface area contributed by atoms with Crippen molar-refractivity contribution in [2.75, 3.05) is 0 Å². The monoisotopic (exact) mass is 325 g/mol. The van der Waals surface area contributed by atoms with Crippen LogP contribution in [0.5, 0.6) is 5.88 Å². The fourth-order valence-corrected chi connectivity index (χ4v) is 2.93. The molecule has 3 heterocycles. The van der Waals surface area contributed by atoms with Crippen LogP contribution in [0, 0.1) is 5.82 Å². The summed E-state index contributed by atoms with van der Waals surface area (Å²) in [5.74, 6) is 0.239. The Balaban J connectivity index is 1.60. The van der Waals surface area contributed by atoms with E-state index in [-0.39, 0.29) is 5.82 Å². The predicted octanol–water partition coefficient (Wildman–Crippen LogP) is 4.18. The Bertz CT molecular complexity index is 932. The minimum Gasteiger partial charge on any atom is -0.472 e. The topological polar surface area (TPSA) is 39.4 Å². The van der Waals surface area contributed by atoms with Crippen molar-refractivity contribution in [1.29, 1.82) is 0 Å². The summed E-state index contributed by atoms with van der Waals surface area (Å²) in [6, 6.07) is 11.9. The Labute approximate surface area is 135 Å². The van der Waals surface area contributed by atoms with Crippen LogP contribution in [0.1, 0.15) is 5.56 Å². The van der Waals surface area contributed by atoms with E-state index in [2.05, 4.69) is 15.5 Å². The summed E-state index contributed by atoms with van der Waals surface area (Å²) in [6.45, 7) is 0.335. The van der Waals surface area contributed by atoms with Gasteiger partial charge in [0.05, 0.1) is 11.9 Å². The number of fused-ring (bicyclic) bond motifs is 1. The smallest absolute Gasteiger partial charge is 0.232 e. The molecule has 23 heavy (non-hydrogen) atoms. The van der Waals surface area contributed by atoms with E-state index in [0.717, 1.165) is 22.5 Å². The molecule has 0 aliphatic heterocycles. The summed E-state index contributed by atoms with van der Waals surface area (Å²) in [7, 11) is 0. The van der Waals surface area contributed by atoms with Crippen LogP contribution >= 0.6 is 11.3 Å². The Morgan fingerprint density at radius 3 is 2.74 bits per heavy atom. The molecular weight excluding hydrogens is 313 g/mol. The number of imidazole rings is 1. The molecule has 4 aromatic rings. The molecule has 0 radical (unpaired) electrons. The van der Waals surface area contributed by atoms with Gasteiger partial charge in [0.2, 0.25) is 5.88 Å². The second-order valence-corrected chi connectivity index (χ2v) is 5.79. The molecule has 0 spiro atoms. The maximum Gasteiger partial charge on any atom is 0.232 e. The summed E-state index contributed by atoms with van der Waals surface area (Å²) in [5.41, 5.74) is 3.65. The summed E-state index contributed by atoms with van der Waals surface area (Å²) in [5, 5.41) is 8.56. The van der Waals surface area contributed by atoms with Crippen LogP contribution in [0.25, 0.3) is 16.9 Å². The molecular formula is C17H12FN3OS. The molecule has 0 unspecified atom stereocenters. The van der Waals surface area contributed by atoms with Gasteiger partial charge in [0, 0.05) is 17.0 Å². The second-order valence-electron chi connectivity index (χ2n) is 5.01. The minimum atomic E-state index is -0.257. The number of aromatic nitrogens is 3. The van der Waals surface area contributed by atoms with Crippen molar-refractivity contribution in [2.24, 2.45) is 0 Å². The molecule has 4 rings (SSSR count). The molecule has 3 aromatic heterocycles. The summed E-state index contributed by atoms with van der Waals surface area (Å²) in [6.07, 6.45) is 1.80. The zero-order chi connectivity index (χ0) is 15.6. The largest absolute Gasteiger partial charge is 0.472 e. The number of hydrogen-bond donors (Lipinski definition) is 0. The van der Waals surface area contributed by atoms with Crippen molar-refractivity contribution in [3.8, 4) is 17.1 Å². The Hall–Kier alpha value is -2.73. The zero-order valence-corrected chi connectivity index (χ0v) is 12.8. The molecule has 0 saturated carbocycles. The third-order valence-electron chi connectivity index (χ3n) is 3.45. The zero-order valence-electron chi connectivity index (χ0n) is 12.0. The van der Waals surface area contributed by atoms with Gasteiger partial charge in [-0.05, 0) is 35.2 Å². The lowest BCUT2D eigenvalue weighted by Crippen LogP contribution is -2.01.